The Labute approximate surface area is 157 Å². The minimum atomic E-state index is -0.361. The van der Waals surface area contributed by atoms with E-state index in [0.29, 0.717) is 19.5 Å². The largest absolute Gasteiger partial charge is 0.367 e. The summed E-state index contributed by atoms with van der Waals surface area (Å²) in [5.41, 5.74) is 4.96. The van der Waals surface area contributed by atoms with Crippen molar-refractivity contribution in [3.63, 3.8) is 0 Å². The summed E-state index contributed by atoms with van der Waals surface area (Å²) in [6.45, 7) is 4.62. The number of nitrogens with zero attached hydrogens (tertiary/aromatic N) is 3. The van der Waals surface area contributed by atoms with Crippen molar-refractivity contribution >= 4 is 29.1 Å². The van der Waals surface area contributed by atoms with Gasteiger partial charge in [0.1, 0.15) is 12.1 Å². The minimum Gasteiger partial charge on any atom is -0.367 e. The lowest BCUT2D eigenvalue weighted by Gasteiger charge is -2.37. The molecular weight excluding hydrogens is 354 g/mol. The van der Waals surface area contributed by atoms with Crippen molar-refractivity contribution in [1.29, 1.82) is 0 Å². The molecule has 4 rings (SSSR count). The average molecular weight is 376 g/mol. The Morgan fingerprint density at radius 1 is 1.19 bits per heavy atom. The van der Waals surface area contributed by atoms with Crippen molar-refractivity contribution in [1.82, 2.24) is 20.7 Å². The molecule has 3 heterocycles. The van der Waals surface area contributed by atoms with Crippen LogP contribution in [0.15, 0.2) is 36.2 Å². The van der Waals surface area contributed by atoms with Crippen molar-refractivity contribution < 1.29 is 9.59 Å². The van der Waals surface area contributed by atoms with Crippen LogP contribution in [0.1, 0.15) is 13.3 Å². The standard InChI is InChI=1S/C18H22ClN5O2/c1-12-11-24-16(17(25)20-12)10-14(21-24)18(26)23-8-6-22(7-9-23)15-5-3-2-4-13(15)19/h2-5,11,14,16,21H,6-10H2,1H3,(H,20,25). The van der Waals surface area contributed by atoms with Crippen molar-refractivity contribution in [2.24, 2.45) is 0 Å². The molecule has 2 saturated heterocycles. The number of halogens is 1. The summed E-state index contributed by atoms with van der Waals surface area (Å²) in [6.07, 6.45) is 2.33. The SMILES string of the molecule is CC1=CN2NC(C(=O)N3CCN(c4ccccc4Cl)CC3)CC2C(=O)N1. The number of hydrogen-bond acceptors (Lipinski definition) is 5. The monoisotopic (exact) mass is 375 g/mol. The number of fused-ring (bicyclic) bond motifs is 1. The number of amides is 2. The number of benzene rings is 1. The second-order valence-corrected chi connectivity index (χ2v) is 7.31. The summed E-state index contributed by atoms with van der Waals surface area (Å²) in [4.78, 5) is 29.0. The highest BCUT2D eigenvalue weighted by molar-refractivity contribution is 6.33. The molecule has 2 fully saturated rings. The van der Waals surface area contributed by atoms with Gasteiger partial charge >= 0.3 is 0 Å². The molecule has 138 valence electrons. The Balaban J connectivity index is 1.37. The van der Waals surface area contributed by atoms with Gasteiger partial charge in [-0.2, -0.15) is 0 Å². The van der Waals surface area contributed by atoms with Crippen LogP contribution in [0.3, 0.4) is 0 Å². The molecule has 0 radical (unpaired) electrons. The number of rotatable bonds is 2. The summed E-state index contributed by atoms with van der Waals surface area (Å²) in [6, 6.07) is 7.09. The maximum Gasteiger partial charge on any atom is 0.248 e. The van der Waals surface area contributed by atoms with Crippen molar-refractivity contribution in [2.45, 2.75) is 25.4 Å². The minimum absolute atomic E-state index is 0.0528. The number of hydrogen-bond donors (Lipinski definition) is 2. The topological polar surface area (TPSA) is 67.9 Å². The molecule has 2 atom stereocenters. The van der Waals surface area contributed by atoms with Crippen LogP contribution in [0.5, 0.6) is 0 Å². The van der Waals surface area contributed by atoms with E-state index in [1.54, 1.807) is 5.01 Å². The van der Waals surface area contributed by atoms with E-state index in [1.807, 2.05) is 42.3 Å². The quantitative estimate of drug-likeness (QED) is 0.804. The molecule has 0 aliphatic carbocycles. The first-order chi connectivity index (χ1) is 12.5. The number of hydrazine groups is 1. The number of allylic oxidation sites excluding steroid dienone is 1. The lowest BCUT2D eigenvalue weighted by atomic mass is 10.1. The molecule has 26 heavy (non-hydrogen) atoms. The Bertz CT molecular complexity index is 760. The van der Waals surface area contributed by atoms with Crippen LogP contribution in [0.4, 0.5) is 5.69 Å². The zero-order valence-electron chi connectivity index (χ0n) is 14.6. The number of para-hydroxylation sites is 1. The van der Waals surface area contributed by atoms with Crippen molar-refractivity contribution in [3.05, 3.63) is 41.2 Å². The zero-order valence-corrected chi connectivity index (χ0v) is 15.4. The van der Waals surface area contributed by atoms with Crippen LogP contribution in [0.25, 0.3) is 0 Å². The van der Waals surface area contributed by atoms with Crippen molar-refractivity contribution in [3.8, 4) is 0 Å². The molecule has 2 unspecified atom stereocenters. The third-order valence-electron chi connectivity index (χ3n) is 5.14. The molecule has 0 spiro atoms. The number of carbonyl (C=O) groups excluding carboxylic acids is 2. The fourth-order valence-corrected chi connectivity index (χ4v) is 4.05. The second kappa shape index (κ2) is 6.81. The molecule has 7 nitrogen and oxygen atoms in total. The molecule has 1 aromatic rings. The maximum absolute atomic E-state index is 12.9. The number of piperazine rings is 1. The van der Waals surface area contributed by atoms with Gasteiger partial charge in [0, 0.05) is 44.5 Å². The third-order valence-corrected chi connectivity index (χ3v) is 5.46. The molecule has 1 aromatic carbocycles. The zero-order chi connectivity index (χ0) is 18.3. The molecule has 0 saturated carbocycles. The van der Waals surface area contributed by atoms with Gasteiger partial charge in [0.15, 0.2) is 0 Å². The van der Waals surface area contributed by atoms with E-state index in [4.69, 9.17) is 11.6 Å². The van der Waals surface area contributed by atoms with Crippen LogP contribution in [0, 0.1) is 0 Å². The number of carbonyl (C=O) groups is 2. The van der Waals surface area contributed by atoms with Crippen LogP contribution < -0.4 is 15.6 Å². The van der Waals surface area contributed by atoms with E-state index in [1.165, 1.54) is 0 Å². The third kappa shape index (κ3) is 3.12. The normalized spacial score (nSPS) is 25.7. The maximum atomic E-state index is 12.9. The Hall–Kier alpha value is -2.25. The number of anilines is 1. The molecule has 0 aromatic heterocycles. The fraction of sp³-hybridized carbons (Fsp3) is 0.444. The molecule has 8 heteroatoms. The summed E-state index contributed by atoms with van der Waals surface area (Å²) in [7, 11) is 0. The average Bonchev–Trinajstić information content (AvgIpc) is 3.06. The van der Waals surface area contributed by atoms with Crippen molar-refractivity contribution in [2.75, 3.05) is 31.1 Å². The van der Waals surface area contributed by atoms with Gasteiger partial charge in [0.25, 0.3) is 0 Å². The van der Waals surface area contributed by atoms with Crippen LogP contribution in [-0.2, 0) is 9.59 Å². The summed E-state index contributed by atoms with van der Waals surface area (Å²) in [5, 5.41) is 5.31. The van der Waals surface area contributed by atoms with Gasteiger partial charge in [-0.15, -0.1) is 0 Å². The first-order valence-corrected chi connectivity index (χ1v) is 9.23. The van der Waals surface area contributed by atoms with Crippen LogP contribution >= 0.6 is 11.6 Å². The van der Waals surface area contributed by atoms with E-state index < -0.39 is 0 Å². The van der Waals surface area contributed by atoms with Gasteiger partial charge < -0.3 is 20.1 Å². The molecule has 2 N–H and O–H groups in total. The smallest absolute Gasteiger partial charge is 0.248 e. The Kier molecular flexibility index (Phi) is 4.50. The van der Waals surface area contributed by atoms with Gasteiger partial charge in [0.05, 0.1) is 10.7 Å². The highest BCUT2D eigenvalue weighted by Gasteiger charge is 2.42. The van der Waals surface area contributed by atoms with E-state index >= 15 is 0 Å². The second-order valence-electron chi connectivity index (χ2n) is 6.91. The summed E-state index contributed by atoms with van der Waals surface area (Å²) < 4.78 is 0. The van der Waals surface area contributed by atoms with E-state index in [2.05, 4.69) is 15.6 Å². The van der Waals surface area contributed by atoms with E-state index in [0.717, 1.165) is 29.5 Å². The van der Waals surface area contributed by atoms with Gasteiger partial charge in [-0.25, -0.2) is 5.43 Å². The molecule has 0 bridgehead atoms. The summed E-state index contributed by atoms with van der Waals surface area (Å²) in [5.74, 6) is -0.00611. The Morgan fingerprint density at radius 3 is 2.65 bits per heavy atom. The molecule has 3 aliphatic rings. The van der Waals surface area contributed by atoms with Crippen LogP contribution in [-0.4, -0.2) is 60.0 Å². The molecule has 3 aliphatic heterocycles. The highest BCUT2D eigenvalue weighted by Crippen LogP contribution is 2.27. The van der Waals surface area contributed by atoms with E-state index in [-0.39, 0.29) is 23.9 Å². The first-order valence-electron chi connectivity index (χ1n) is 8.85. The van der Waals surface area contributed by atoms with Crippen LogP contribution in [0.2, 0.25) is 5.02 Å². The van der Waals surface area contributed by atoms with Gasteiger partial charge in [-0.3, -0.25) is 9.59 Å². The van der Waals surface area contributed by atoms with Gasteiger partial charge in [-0.1, -0.05) is 23.7 Å². The molecular formula is C18H22ClN5O2. The number of nitrogens with one attached hydrogen (secondary N) is 2. The highest BCUT2D eigenvalue weighted by atomic mass is 35.5. The lowest BCUT2D eigenvalue weighted by molar-refractivity contribution is -0.133. The fourth-order valence-electron chi connectivity index (χ4n) is 3.79. The predicted molar refractivity (Wildman–Crippen MR) is 99.3 cm³/mol. The van der Waals surface area contributed by atoms with Gasteiger partial charge in [-0.05, 0) is 19.1 Å². The van der Waals surface area contributed by atoms with Gasteiger partial charge in [0.2, 0.25) is 11.8 Å². The summed E-state index contributed by atoms with van der Waals surface area (Å²) >= 11 is 6.27. The lowest BCUT2D eigenvalue weighted by Crippen LogP contribution is -2.54. The van der Waals surface area contributed by atoms with E-state index in [9.17, 15) is 9.59 Å². The first kappa shape index (κ1) is 17.2. The predicted octanol–water partition coefficient (Wildman–Crippen LogP) is 0.927. The Morgan fingerprint density at radius 2 is 1.92 bits per heavy atom. The molecule has 2 amide bonds.